The maximum absolute atomic E-state index is 5.69. The molecule has 2 heteroatoms. The molecule has 0 aliphatic rings. The molecule has 0 amide bonds. The van der Waals surface area contributed by atoms with E-state index in [0.29, 0.717) is 5.92 Å². The van der Waals surface area contributed by atoms with Gasteiger partial charge in [0.05, 0.1) is 0 Å². The van der Waals surface area contributed by atoms with Crippen LogP contribution in [0.4, 0.5) is 0 Å². The van der Waals surface area contributed by atoms with Crippen molar-refractivity contribution in [3.05, 3.63) is 0 Å². The van der Waals surface area contributed by atoms with Crippen molar-refractivity contribution in [1.29, 1.82) is 0 Å². The van der Waals surface area contributed by atoms with Gasteiger partial charge in [0.1, 0.15) is 0 Å². The molecule has 0 rings (SSSR count). The number of hydrogen-bond acceptors (Lipinski definition) is 1. The lowest BCUT2D eigenvalue weighted by Gasteiger charge is -2.32. The van der Waals surface area contributed by atoms with E-state index in [9.17, 15) is 0 Å². The van der Waals surface area contributed by atoms with Gasteiger partial charge in [0.25, 0.3) is 0 Å². The summed E-state index contributed by atoms with van der Waals surface area (Å²) < 4.78 is 0.288. The number of hydrogen-bond donors (Lipinski definition) is 1. The molecule has 1 unspecified atom stereocenters. The third kappa shape index (κ3) is 2.75. The van der Waals surface area contributed by atoms with Crippen molar-refractivity contribution in [3.8, 4) is 0 Å². The van der Waals surface area contributed by atoms with Gasteiger partial charge in [-0.2, -0.15) is 0 Å². The fourth-order valence-electron chi connectivity index (χ4n) is 1.57. The fourth-order valence-corrected chi connectivity index (χ4v) is 2.08. The van der Waals surface area contributed by atoms with Gasteiger partial charge >= 0.3 is 0 Å². The van der Waals surface area contributed by atoms with Gasteiger partial charge in [-0.05, 0) is 25.3 Å². The van der Waals surface area contributed by atoms with E-state index in [-0.39, 0.29) is 4.32 Å². The lowest BCUT2D eigenvalue weighted by molar-refractivity contribution is 0.361. The van der Waals surface area contributed by atoms with Crippen LogP contribution >= 0.6 is 15.9 Å². The molecule has 0 fully saturated rings. The minimum Gasteiger partial charge on any atom is -0.330 e. The highest BCUT2D eigenvalue weighted by Gasteiger charge is 2.30. The third-order valence-corrected chi connectivity index (χ3v) is 4.45. The van der Waals surface area contributed by atoms with Crippen molar-refractivity contribution in [2.75, 3.05) is 6.54 Å². The van der Waals surface area contributed by atoms with Crippen LogP contribution in [0, 0.1) is 5.92 Å². The van der Waals surface area contributed by atoms with E-state index in [1.54, 1.807) is 0 Å². The Morgan fingerprint density at radius 2 is 1.73 bits per heavy atom. The van der Waals surface area contributed by atoms with Crippen molar-refractivity contribution in [3.63, 3.8) is 0 Å². The molecule has 0 aromatic rings. The summed E-state index contributed by atoms with van der Waals surface area (Å²) in [5.41, 5.74) is 5.69. The lowest BCUT2D eigenvalue weighted by atomic mass is 9.86. The van der Waals surface area contributed by atoms with Gasteiger partial charge in [-0.1, -0.05) is 43.1 Å². The Balaban J connectivity index is 4.19. The molecule has 0 aromatic carbocycles. The first kappa shape index (κ1) is 11.4. The average Bonchev–Trinajstić information content (AvgIpc) is 2.06. The van der Waals surface area contributed by atoms with Crippen molar-refractivity contribution in [2.45, 2.75) is 44.4 Å². The van der Waals surface area contributed by atoms with Crippen LogP contribution in [0.1, 0.15) is 40.0 Å². The average molecular weight is 222 g/mol. The van der Waals surface area contributed by atoms with Crippen molar-refractivity contribution >= 4 is 15.9 Å². The Morgan fingerprint density at radius 1 is 1.27 bits per heavy atom. The zero-order chi connectivity index (χ0) is 8.91. The highest BCUT2D eigenvalue weighted by molar-refractivity contribution is 9.10. The van der Waals surface area contributed by atoms with E-state index in [4.69, 9.17) is 5.73 Å². The van der Waals surface area contributed by atoms with Crippen LogP contribution in [0.15, 0.2) is 0 Å². The molecule has 68 valence electrons. The summed E-state index contributed by atoms with van der Waals surface area (Å²) in [6.07, 6.45) is 3.50. The summed E-state index contributed by atoms with van der Waals surface area (Å²) in [5.74, 6) is 0.623. The Morgan fingerprint density at radius 3 is 1.82 bits per heavy atom. The highest BCUT2D eigenvalue weighted by Crippen LogP contribution is 2.35. The van der Waals surface area contributed by atoms with Crippen molar-refractivity contribution in [2.24, 2.45) is 11.7 Å². The molecule has 0 saturated heterocycles. The Hall–Kier alpha value is 0.440. The lowest BCUT2D eigenvalue weighted by Crippen LogP contribution is -2.35. The molecule has 0 aliphatic carbocycles. The maximum atomic E-state index is 5.69. The SMILES string of the molecule is CCC(CN)C(Br)(CC)CC. The molecule has 0 aromatic heterocycles. The zero-order valence-electron chi connectivity index (χ0n) is 7.86. The van der Waals surface area contributed by atoms with Crippen LogP contribution in [0.2, 0.25) is 0 Å². The smallest absolute Gasteiger partial charge is 0.0292 e. The minimum absolute atomic E-state index is 0.288. The second-order valence-electron chi connectivity index (χ2n) is 3.08. The van der Waals surface area contributed by atoms with Crippen LogP contribution in [0.3, 0.4) is 0 Å². The Kier molecular flexibility index (Phi) is 5.36. The van der Waals surface area contributed by atoms with Gasteiger partial charge in [0.15, 0.2) is 0 Å². The molecule has 0 heterocycles. The number of nitrogens with two attached hydrogens (primary N) is 1. The van der Waals surface area contributed by atoms with Crippen LogP contribution < -0.4 is 5.73 Å². The van der Waals surface area contributed by atoms with Gasteiger partial charge in [-0.15, -0.1) is 0 Å². The first-order chi connectivity index (χ1) is 5.14. The molecule has 2 N–H and O–H groups in total. The van der Waals surface area contributed by atoms with Gasteiger partial charge in [0.2, 0.25) is 0 Å². The molecule has 0 radical (unpaired) electrons. The normalized spacial score (nSPS) is 15.0. The summed E-state index contributed by atoms with van der Waals surface area (Å²) >= 11 is 3.79. The van der Waals surface area contributed by atoms with E-state index in [2.05, 4.69) is 36.7 Å². The molecule has 0 bridgehead atoms. The zero-order valence-corrected chi connectivity index (χ0v) is 9.45. The van der Waals surface area contributed by atoms with Crippen LogP contribution in [0.25, 0.3) is 0 Å². The Bertz CT molecular complexity index is 95.7. The quantitative estimate of drug-likeness (QED) is 0.711. The number of alkyl halides is 1. The summed E-state index contributed by atoms with van der Waals surface area (Å²) in [4.78, 5) is 0. The van der Waals surface area contributed by atoms with Gasteiger partial charge in [-0.25, -0.2) is 0 Å². The van der Waals surface area contributed by atoms with Crippen molar-refractivity contribution in [1.82, 2.24) is 0 Å². The second kappa shape index (κ2) is 5.15. The van der Waals surface area contributed by atoms with Crippen molar-refractivity contribution < 1.29 is 0 Å². The molecule has 0 saturated carbocycles. The molecule has 11 heavy (non-hydrogen) atoms. The molecular weight excluding hydrogens is 202 g/mol. The van der Waals surface area contributed by atoms with Gasteiger partial charge in [-0.3, -0.25) is 0 Å². The largest absolute Gasteiger partial charge is 0.330 e. The first-order valence-corrected chi connectivity index (χ1v) is 5.32. The molecular formula is C9H20BrN. The van der Waals surface area contributed by atoms with Crippen LogP contribution in [0.5, 0.6) is 0 Å². The van der Waals surface area contributed by atoms with E-state index >= 15 is 0 Å². The van der Waals surface area contributed by atoms with E-state index < -0.39 is 0 Å². The van der Waals surface area contributed by atoms with Gasteiger partial charge in [0, 0.05) is 4.32 Å². The summed E-state index contributed by atoms with van der Waals surface area (Å²) in [7, 11) is 0. The Labute approximate surface area is 78.9 Å². The molecule has 1 nitrogen and oxygen atoms in total. The van der Waals surface area contributed by atoms with E-state index in [0.717, 1.165) is 6.54 Å². The molecule has 0 aliphatic heterocycles. The fraction of sp³-hybridized carbons (Fsp3) is 1.00. The standard InChI is InChI=1S/C9H20BrN/c1-4-8(7-11)9(10,5-2)6-3/h8H,4-7,11H2,1-3H3. The maximum Gasteiger partial charge on any atom is 0.0292 e. The first-order valence-electron chi connectivity index (χ1n) is 4.53. The predicted molar refractivity (Wildman–Crippen MR) is 55.1 cm³/mol. The highest BCUT2D eigenvalue weighted by atomic mass is 79.9. The van der Waals surface area contributed by atoms with Gasteiger partial charge < -0.3 is 5.73 Å². The molecule has 0 spiro atoms. The predicted octanol–water partition coefficient (Wildman–Crippen LogP) is 2.93. The topological polar surface area (TPSA) is 26.0 Å². The van der Waals surface area contributed by atoms with Crippen LogP contribution in [-0.2, 0) is 0 Å². The summed E-state index contributed by atoms with van der Waals surface area (Å²) in [5, 5.41) is 0. The summed E-state index contributed by atoms with van der Waals surface area (Å²) in [6.45, 7) is 7.44. The van der Waals surface area contributed by atoms with E-state index in [1.807, 2.05) is 0 Å². The third-order valence-electron chi connectivity index (χ3n) is 2.68. The number of halogens is 1. The molecule has 1 atom stereocenters. The van der Waals surface area contributed by atoms with Crippen LogP contribution in [-0.4, -0.2) is 10.9 Å². The minimum atomic E-state index is 0.288. The van der Waals surface area contributed by atoms with E-state index in [1.165, 1.54) is 19.3 Å². The monoisotopic (exact) mass is 221 g/mol. The second-order valence-corrected chi connectivity index (χ2v) is 4.66. The summed E-state index contributed by atoms with van der Waals surface area (Å²) in [6, 6.07) is 0. The number of rotatable bonds is 5.